The Morgan fingerprint density at radius 3 is 2.46 bits per heavy atom. The van der Waals surface area contributed by atoms with Crippen LogP contribution in [0.3, 0.4) is 0 Å². The molecule has 0 radical (unpaired) electrons. The lowest BCUT2D eigenvalue weighted by molar-refractivity contribution is -0.139. The molecule has 1 aliphatic rings. The molecule has 10 heteroatoms. The Kier molecular flexibility index (Phi) is 6.20. The van der Waals surface area contributed by atoms with Crippen molar-refractivity contribution >= 4 is 34.4 Å². The highest BCUT2D eigenvalue weighted by Crippen LogP contribution is 2.31. The van der Waals surface area contributed by atoms with E-state index in [0.29, 0.717) is 26.4 Å². The molecule has 4 aromatic rings. The van der Waals surface area contributed by atoms with E-state index in [2.05, 4.69) is 4.99 Å². The van der Waals surface area contributed by atoms with Crippen LogP contribution in [0.15, 0.2) is 68.3 Å². The van der Waals surface area contributed by atoms with Gasteiger partial charge in [-0.2, -0.15) is 0 Å². The third-order valence-electron chi connectivity index (χ3n) is 6.54. The molecule has 9 nitrogen and oxygen atoms in total. The number of carbonyl (C=O) groups excluding carboxylic acids is 1. The van der Waals surface area contributed by atoms with Crippen LogP contribution in [0.1, 0.15) is 31.0 Å². The summed E-state index contributed by atoms with van der Waals surface area (Å²) in [4.78, 5) is 44.2. The number of allylic oxidation sites excluding steroid dienone is 1. The molecule has 190 valence electrons. The number of hydrogen-bond acceptors (Lipinski definition) is 7. The first-order chi connectivity index (χ1) is 17.7. The lowest BCUT2D eigenvalue weighted by atomic mass is 9.96. The van der Waals surface area contributed by atoms with Crippen LogP contribution >= 0.6 is 11.3 Å². The first kappa shape index (κ1) is 24.5. The third kappa shape index (κ3) is 4.03. The predicted molar refractivity (Wildman–Crippen MR) is 142 cm³/mol. The Labute approximate surface area is 215 Å². The van der Waals surface area contributed by atoms with E-state index < -0.39 is 12.0 Å². The van der Waals surface area contributed by atoms with Crippen LogP contribution in [-0.2, 0) is 23.6 Å². The van der Waals surface area contributed by atoms with Crippen LogP contribution in [0.2, 0.25) is 0 Å². The monoisotopic (exact) mass is 518 g/mol. The van der Waals surface area contributed by atoms with Gasteiger partial charge in [0.25, 0.3) is 5.56 Å². The maximum atomic E-state index is 13.8. The van der Waals surface area contributed by atoms with E-state index >= 15 is 0 Å². The number of aryl methyl sites for hydroxylation is 2. The second-order valence-corrected chi connectivity index (χ2v) is 9.73. The number of nitrogens with zero attached hydrogens (tertiary/aromatic N) is 4. The van der Waals surface area contributed by atoms with Crippen LogP contribution in [0.25, 0.3) is 17.1 Å². The third-order valence-corrected chi connectivity index (χ3v) is 7.53. The number of aromatic nitrogens is 3. The lowest BCUT2D eigenvalue weighted by Crippen LogP contribution is -2.39. The largest absolute Gasteiger partial charge is 0.497 e. The van der Waals surface area contributed by atoms with Crippen molar-refractivity contribution in [2.24, 2.45) is 19.1 Å². The predicted octanol–water partition coefficient (Wildman–Crippen LogP) is 2.00. The van der Waals surface area contributed by atoms with Crippen LogP contribution in [0.4, 0.5) is 0 Å². The number of methoxy groups -OCH3 is 1. The van der Waals surface area contributed by atoms with Crippen molar-refractivity contribution in [3.63, 3.8) is 0 Å². The van der Waals surface area contributed by atoms with Crippen molar-refractivity contribution < 1.29 is 14.3 Å². The summed E-state index contributed by atoms with van der Waals surface area (Å²) in [6, 6.07) is 12.2. The zero-order valence-electron chi connectivity index (χ0n) is 21.1. The van der Waals surface area contributed by atoms with E-state index in [1.165, 1.54) is 11.3 Å². The van der Waals surface area contributed by atoms with Gasteiger partial charge >= 0.3 is 11.7 Å². The highest BCUT2D eigenvalue weighted by Gasteiger charge is 2.33. The highest BCUT2D eigenvalue weighted by atomic mass is 32.1. The fraction of sp³-hybridized carbons (Fsp3) is 0.259. The topological polar surface area (TPSA) is 96.8 Å². The number of ether oxygens (including phenoxy) is 2. The number of rotatable bonds is 5. The maximum Gasteiger partial charge on any atom is 0.338 e. The molecule has 0 saturated carbocycles. The average Bonchev–Trinajstić information content (AvgIpc) is 3.31. The van der Waals surface area contributed by atoms with Gasteiger partial charge in [0.1, 0.15) is 5.75 Å². The first-order valence-electron chi connectivity index (χ1n) is 11.7. The summed E-state index contributed by atoms with van der Waals surface area (Å²) in [6.45, 7) is 3.70. The summed E-state index contributed by atoms with van der Waals surface area (Å²) in [7, 11) is 5.03. The molecule has 2 aromatic carbocycles. The van der Waals surface area contributed by atoms with Crippen molar-refractivity contribution in [2.45, 2.75) is 19.9 Å². The minimum absolute atomic E-state index is 0.118. The number of hydrogen-bond donors (Lipinski definition) is 0. The molecule has 37 heavy (non-hydrogen) atoms. The smallest absolute Gasteiger partial charge is 0.338 e. The van der Waals surface area contributed by atoms with E-state index in [4.69, 9.17) is 9.47 Å². The molecule has 0 fully saturated rings. The summed E-state index contributed by atoms with van der Waals surface area (Å²) in [5, 5.41) is 0. The zero-order valence-corrected chi connectivity index (χ0v) is 22.0. The van der Waals surface area contributed by atoms with Crippen molar-refractivity contribution in [3.8, 4) is 5.75 Å². The van der Waals surface area contributed by atoms with Gasteiger partial charge in [-0.05, 0) is 55.3 Å². The second-order valence-electron chi connectivity index (χ2n) is 8.72. The van der Waals surface area contributed by atoms with Gasteiger partial charge in [0.2, 0.25) is 0 Å². The molecule has 0 unspecified atom stereocenters. The van der Waals surface area contributed by atoms with E-state index in [-0.39, 0.29) is 17.9 Å². The summed E-state index contributed by atoms with van der Waals surface area (Å²) in [6.07, 6.45) is 1.79. The molecule has 1 atom stereocenters. The fourth-order valence-electron chi connectivity index (χ4n) is 4.66. The van der Waals surface area contributed by atoms with E-state index in [1.54, 1.807) is 67.0 Å². The van der Waals surface area contributed by atoms with Gasteiger partial charge in [-0.25, -0.2) is 14.6 Å². The Balaban J connectivity index is 1.71. The number of benzene rings is 2. The van der Waals surface area contributed by atoms with E-state index in [9.17, 15) is 14.4 Å². The minimum atomic E-state index is -0.694. The summed E-state index contributed by atoms with van der Waals surface area (Å²) < 4.78 is 15.8. The molecule has 0 aliphatic carbocycles. The maximum absolute atomic E-state index is 13.8. The molecule has 0 N–H and O–H groups in total. The van der Waals surface area contributed by atoms with E-state index in [0.717, 1.165) is 22.2 Å². The highest BCUT2D eigenvalue weighted by molar-refractivity contribution is 7.07. The van der Waals surface area contributed by atoms with Gasteiger partial charge in [0.05, 0.1) is 46.6 Å². The van der Waals surface area contributed by atoms with Gasteiger partial charge in [-0.3, -0.25) is 18.5 Å². The molecule has 0 spiro atoms. The lowest BCUT2D eigenvalue weighted by Gasteiger charge is -2.24. The molecule has 2 aromatic heterocycles. The first-order valence-corrected chi connectivity index (χ1v) is 12.6. The van der Waals surface area contributed by atoms with Crippen LogP contribution in [0, 0.1) is 0 Å². The van der Waals surface area contributed by atoms with Crippen molar-refractivity contribution in [1.29, 1.82) is 0 Å². The molecular weight excluding hydrogens is 492 g/mol. The molecule has 0 saturated heterocycles. The standard InChI is InChI=1S/C27H26N4O5S/c1-6-36-25(33)22-15(2)28-26-31(23(22)17-8-10-18(35-5)11-9-17)24(32)21(37-26)14-16-7-12-19-20(13-16)30(4)27(34)29(19)3/h7-14,23H,6H2,1-5H3/b21-14+/t23-/m0/s1. The summed E-state index contributed by atoms with van der Waals surface area (Å²) in [5.74, 6) is 0.162. The van der Waals surface area contributed by atoms with Crippen molar-refractivity contribution in [3.05, 3.63) is 95.0 Å². The molecule has 5 rings (SSSR count). The van der Waals surface area contributed by atoms with Crippen molar-refractivity contribution in [2.75, 3.05) is 13.7 Å². The molecule has 0 amide bonds. The van der Waals surface area contributed by atoms with Crippen LogP contribution < -0.4 is 25.3 Å². The second kappa shape index (κ2) is 9.36. The summed E-state index contributed by atoms with van der Waals surface area (Å²) >= 11 is 1.26. The Morgan fingerprint density at radius 2 is 1.78 bits per heavy atom. The number of imidazole rings is 1. The van der Waals surface area contributed by atoms with Crippen LogP contribution in [0.5, 0.6) is 5.75 Å². The van der Waals surface area contributed by atoms with Gasteiger partial charge < -0.3 is 9.47 Å². The SMILES string of the molecule is CCOC(=O)C1=C(C)N=c2s/c(=C/c3ccc4c(c3)n(C)c(=O)n4C)c(=O)n2[C@H]1c1ccc(OC)cc1. The van der Waals surface area contributed by atoms with Gasteiger partial charge in [-0.1, -0.05) is 29.5 Å². The Morgan fingerprint density at radius 1 is 1.08 bits per heavy atom. The zero-order chi connectivity index (χ0) is 26.4. The average molecular weight is 519 g/mol. The normalized spacial score (nSPS) is 15.6. The number of esters is 1. The van der Waals surface area contributed by atoms with Gasteiger partial charge in [0, 0.05) is 14.1 Å². The molecular formula is C27H26N4O5S. The summed E-state index contributed by atoms with van der Waals surface area (Å²) in [5.41, 5.74) is 3.55. The Hall–Kier alpha value is -4.18. The van der Waals surface area contributed by atoms with E-state index in [1.807, 2.05) is 30.3 Å². The van der Waals surface area contributed by atoms with Crippen molar-refractivity contribution in [1.82, 2.24) is 13.7 Å². The molecule has 1 aliphatic heterocycles. The van der Waals surface area contributed by atoms with Gasteiger partial charge in [-0.15, -0.1) is 0 Å². The minimum Gasteiger partial charge on any atom is -0.497 e. The number of carbonyl (C=O) groups is 1. The fourth-order valence-corrected chi connectivity index (χ4v) is 5.70. The number of thiazole rings is 1. The Bertz CT molecular complexity index is 1820. The molecule has 0 bridgehead atoms. The molecule has 3 heterocycles. The van der Waals surface area contributed by atoms with Crippen LogP contribution in [-0.4, -0.2) is 33.4 Å². The number of fused-ring (bicyclic) bond motifs is 2. The quantitative estimate of drug-likeness (QED) is 0.377. The van der Waals surface area contributed by atoms with Gasteiger partial charge in [0.15, 0.2) is 4.80 Å².